The Labute approximate surface area is 171 Å². The van der Waals surface area contributed by atoms with Crippen molar-refractivity contribution in [3.05, 3.63) is 65.5 Å². The summed E-state index contributed by atoms with van der Waals surface area (Å²) in [5.74, 6) is -0.452. The fraction of sp³-hybridized carbons (Fsp3) is 0.391. The second kappa shape index (κ2) is 8.74. The largest absolute Gasteiger partial charge is 0.336 e. The Morgan fingerprint density at radius 1 is 0.931 bits per heavy atom. The van der Waals surface area contributed by atoms with Gasteiger partial charge < -0.3 is 10.2 Å². The highest BCUT2D eigenvalue weighted by molar-refractivity contribution is 5.94. The Morgan fingerprint density at radius 3 is 2.07 bits per heavy atom. The monoisotopic (exact) mass is 397 g/mol. The van der Waals surface area contributed by atoms with Crippen molar-refractivity contribution in [2.75, 3.05) is 38.0 Å². The average Bonchev–Trinajstić information content (AvgIpc) is 2.69. The molecule has 0 saturated carbocycles. The number of hydrogen-bond donors (Lipinski definition) is 1. The molecule has 29 heavy (non-hydrogen) atoms. The van der Waals surface area contributed by atoms with Crippen molar-refractivity contribution in [2.24, 2.45) is 0 Å². The van der Waals surface area contributed by atoms with E-state index in [4.69, 9.17) is 0 Å². The van der Waals surface area contributed by atoms with E-state index in [0.29, 0.717) is 37.4 Å². The molecule has 6 heteroatoms. The van der Waals surface area contributed by atoms with Crippen molar-refractivity contribution in [2.45, 2.75) is 26.2 Å². The van der Waals surface area contributed by atoms with E-state index in [1.165, 1.54) is 29.8 Å². The predicted octanol–water partition coefficient (Wildman–Crippen LogP) is 3.52. The molecule has 0 aromatic heterocycles. The molecule has 1 aliphatic rings. The molecule has 1 aliphatic heterocycles. The number of carbonyl (C=O) groups is 2. The van der Waals surface area contributed by atoms with Crippen LogP contribution >= 0.6 is 0 Å². The third kappa shape index (κ3) is 5.64. The molecule has 0 atom stereocenters. The molecule has 1 saturated heterocycles. The van der Waals surface area contributed by atoms with Crippen LogP contribution in [0.1, 0.15) is 36.7 Å². The number of nitrogens with zero attached hydrogens (tertiary/aromatic N) is 2. The molecular weight excluding hydrogens is 369 g/mol. The first kappa shape index (κ1) is 21.0. The van der Waals surface area contributed by atoms with Crippen LogP contribution in [0.5, 0.6) is 0 Å². The van der Waals surface area contributed by atoms with Crippen molar-refractivity contribution in [3.8, 4) is 0 Å². The fourth-order valence-corrected chi connectivity index (χ4v) is 3.34. The average molecular weight is 397 g/mol. The molecular formula is C23H28FN3O2. The minimum Gasteiger partial charge on any atom is -0.336 e. The van der Waals surface area contributed by atoms with Gasteiger partial charge in [0.05, 0.1) is 6.54 Å². The van der Waals surface area contributed by atoms with Gasteiger partial charge in [0.15, 0.2) is 0 Å². The summed E-state index contributed by atoms with van der Waals surface area (Å²) in [6.45, 7) is 9.15. The Bertz CT molecular complexity index is 849. The first-order valence-electron chi connectivity index (χ1n) is 9.90. The number of anilines is 1. The van der Waals surface area contributed by atoms with Crippen LogP contribution in [0.15, 0.2) is 48.5 Å². The lowest BCUT2D eigenvalue weighted by Crippen LogP contribution is -2.50. The third-order valence-corrected chi connectivity index (χ3v) is 5.15. The van der Waals surface area contributed by atoms with Gasteiger partial charge in [-0.25, -0.2) is 4.39 Å². The van der Waals surface area contributed by atoms with E-state index in [2.05, 4.69) is 26.1 Å². The van der Waals surface area contributed by atoms with Gasteiger partial charge in [-0.05, 0) is 47.4 Å². The molecule has 2 aromatic rings. The van der Waals surface area contributed by atoms with Crippen LogP contribution in [0.25, 0.3) is 0 Å². The molecule has 3 rings (SSSR count). The molecule has 1 fully saturated rings. The molecule has 0 bridgehead atoms. The van der Waals surface area contributed by atoms with Crippen LogP contribution in [-0.2, 0) is 10.2 Å². The standard InChI is InChI=1S/C23H28FN3O2/c1-23(2,3)18-6-4-17(5-7-18)22(29)27-14-12-26(13-15-27)16-21(28)25-20-10-8-19(24)9-11-20/h4-11H,12-16H2,1-3H3,(H,25,28). The smallest absolute Gasteiger partial charge is 0.253 e. The summed E-state index contributed by atoms with van der Waals surface area (Å²) in [6, 6.07) is 13.5. The Morgan fingerprint density at radius 2 is 1.52 bits per heavy atom. The van der Waals surface area contributed by atoms with Crippen LogP contribution in [0, 0.1) is 5.82 Å². The Balaban J connectivity index is 1.49. The van der Waals surface area contributed by atoms with Crippen LogP contribution < -0.4 is 5.32 Å². The van der Waals surface area contributed by atoms with Crippen LogP contribution in [0.4, 0.5) is 10.1 Å². The predicted molar refractivity (Wildman–Crippen MR) is 113 cm³/mol. The summed E-state index contributed by atoms with van der Waals surface area (Å²) >= 11 is 0. The van der Waals surface area contributed by atoms with E-state index < -0.39 is 0 Å². The number of rotatable bonds is 4. The highest BCUT2D eigenvalue weighted by atomic mass is 19.1. The number of hydrogen-bond acceptors (Lipinski definition) is 3. The first-order chi connectivity index (χ1) is 13.7. The lowest BCUT2D eigenvalue weighted by Gasteiger charge is -2.34. The molecule has 5 nitrogen and oxygen atoms in total. The summed E-state index contributed by atoms with van der Waals surface area (Å²) in [5, 5.41) is 2.77. The molecule has 154 valence electrons. The normalized spacial score (nSPS) is 15.2. The van der Waals surface area contributed by atoms with Crippen molar-refractivity contribution >= 4 is 17.5 Å². The van der Waals surface area contributed by atoms with Crippen molar-refractivity contribution in [3.63, 3.8) is 0 Å². The number of benzene rings is 2. The van der Waals surface area contributed by atoms with Gasteiger partial charge in [-0.15, -0.1) is 0 Å². The minimum absolute atomic E-state index is 0.0286. The zero-order chi connectivity index (χ0) is 21.0. The fourth-order valence-electron chi connectivity index (χ4n) is 3.34. The van der Waals surface area contributed by atoms with Gasteiger partial charge in [0.2, 0.25) is 5.91 Å². The van der Waals surface area contributed by atoms with E-state index in [9.17, 15) is 14.0 Å². The van der Waals surface area contributed by atoms with Crippen molar-refractivity contribution < 1.29 is 14.0 Å². The quantitative estimate of drug-likeness (QED) is 0.859. The second-order valence-electron chi connectivity index (χ2n) is 8.45. The van der Waals surface area contributed by atoms with Gasteiger partial charge in [0.25, 0.3) is 5.91 Å². The Kier molecular flexibility index (Phi) is 6.33. The Hall–Kier alpha value is -2.73. The lowest BCUT2D eigenvalue weighted by molar-refractivity contribution is -0.117. The van der Waals surface area contributed by atoms with Gasteiger partial charge >= 0.3 is 0 Å². The molecule has 0 radical (unpaired) electrons. The van der Waals surface area contributed by atoms with Gasteiger partial charge in [0, 0.05) is 37.4 Å². The molecule has 1 N–H and O–H groups in total. The summed E-state index contributed by atoms with van der Waals surface area (Å²) in [7, 11) is 0. The maximum Gasteiger partial charge on any atom is 0.253 e. The second-order valence-corrected chi connectivity index (χ2v) is 8.45. The van der Waals surface area contributed by atoms with Crippen LogP contribution in [0.2, 0.25) is 0 Å². The van der Waals surface area contributed by atoms with Gasteiger partial charge in [-0.2, -0.15) is 0 Å². The molecule has 2 aromatic carbocycles. The first-order valence-corrected chi connectivity index (χ1v) is 9.90. The zero-order valence-electron chi connectivity index (χ0n) is 17.2. The molecule has 0 unspecified atom stereocenters. The van der Waals surface area contributed by atoms with Gasteiger partial charge in [-0.1, -0.05) is 32.9 Å². The van der Waals surface area contributed by atoms with Crippen molar-refractivity contribution in [1.29, 1.82) is 0 Å². The third-order valence-electron chi connectivity index (χ3n) is 5.15. The number of amides is 2. The summed E-state index contributed by atoms with van der Waals surface area (Å²) in [4.78, 5) is 28.8. The number of halogens is 1. The molecule has 0 spiro atoms. The summed E-state index contributed by atoms with van der Waals surface area (Å²) in [5.41, 5.74) is 2.53. The topological polar surface area (TPSA) is 52.7 Å². The number of nitrogens with one attached hydrogen (secondary N) is 1. The van der Waals surface area contributed by atoms with E-state index in [1.54, 1.807) is 0 Å². The summed E-state index contributed by atoms with van der Waals surface area (Å²) in [6.07, 6.45) is 0. The summed E-state index contributed by atoms with van der Waals surface area (Å²) < 4.78 is 12.9. The maximum absolute atomic E-state index is 12.9. The number of piperazine rings is 1. The SMILES string of the molecule is CC(C)(C)c1ccc(C(=O)N2CCN(CC(=O)Nc3ccc(F)cc3)CC2)cc1. The molecule has 0 aliphatic carbocycles. The molecule has 1 heterocycles. The van der Waals surface area contributed by atoms with E-state index in [1.807, 2.05) is 34.1 Å². The number of carbonyl (C=O) groups excluding carboxylic acids is 2. The maximum atomic E-state index is 12.9. The minimum atomic E-state index is -0.336. The van der Waals surface area contributed by atoms with E-state index >= 15 is 0 Å². The van der Waals surface area contributed by atoms with E-state index in [0.717, 1.165) is 0 Å². The molecule has 2 amide bonds. The highest BCUT2D eigenvalue weighted by Gasteiger charge is 2.24. The van der Waals surface area contributed by atoms with Gasteiger partial charge in [0.1, 0.15) is 5.82 Å². The zero-order valence-corrected chi connectivity index (χ0v) is 17.2. The lowest BCUT2D eigenvalue weighted by atomic mass is 9.86. The van der Waals surface area contributed by atoms with E-state index in [-0.39, 0.29) is 29.6 Å². The van der Waals surface area contributed by atoms with Gasteiger partial charge in [-0.3, -0.25) is 14.5 Å². The van der Waals surface area contributed by atoms with Crippen molar-refractivity contribution in [1.82, 2.24) is 9.80 Å². The highest BCUT2D eigenvalue weighted by Crippen LogP contribution is 2.22. The van der Waals surface area contributed by atoms with Crippen LogP contribution in [-0.4, -0.2) is 54.3 Å². The van der Waals surface area contributed by atoms with Crippen LogP contribution in [0.3, 0.4) is 0 Å².